The first kappa shape index (κ1) is 10.5. The number of thiazole rings is 1. The summed E-state index contributed by atoms with van der Waals surface area (Å²) in [5, 5.41) is 12.1. The molecule has 0 saturated heterocycles. The van der Waals surface area contributed by atoms with Gasteiger partial charge in [-0.25, -0.2) is 4.98 Å². The molecule has 0 aliphatic heterocycles. The number of nitrogens with one attached hydrogen (secondary N) is 2. The maximum atomic E-state index is 11.7. The Morgan fingerprint density at radius 2 is 2.47 bits per heavy atom. The predicted molar refractivity (Wildman–Crippen MR) is 65.0 cm³/mol. The summed E-state index contributed by atoms with van der Waals surface area (Å²) in [5.41, 5.74) is 1.92. The van der Waals surface area contributed by atoms with E-state index in [1.165, 1.54) is 24.2 Å². The summed E-state index contributed by atoms with van der Waals surface area (Å²) in [4.78, 5) is 16.1. The second kappa shape index (κ2) is 4.29. The molecule has 1 amide bonds. The molecule has 1 aliphatic carbocycles. The van der Waals surface area contributed by atoms with Gasteiger partial charge < -0.3 is 5.32 Å². The predicted octanol–water partition coefficient (Wildman–Crippen LogP) is 1.92. The Bertz CT molecular complexity index is 515. The van der Waals surface area contributed by atoms with Crippen LogP contribution in [0.1, 0.15) is 30.1 Å². The topological polar surface area (TPSA) is 70.7 Å². The smallest absolute Gasteiger partial charge is 0.232 e. The molecule has 88 valence electrons. The zero-order valence-corrected chi connectivity index (χ0v) is 9.96. The molecule has 17 heavy (non-hydrogen) atoms. The molecule has 6 heteroatoms. The minimum absolute atomic E-state index is 0.0639. The molecule has 0 unspecified atom stereocenters. The van der Waals surface area contributed by atoms with E-state index >= 15 is 0 Å². The fraction of sp³-hybridized carbons (Fsp3) is 0.364. The highest BCUT2D eigenvalue weighted by molar-refractivity contribution is 7.13. The largest absolute Gasteiger partial charge is 0.302 e. The molecule has 2 heterocycles. The van der Waals surface area contributed by atoms with Crippen molar-refractivity contribution in [1.82, 2.24) is 15.2 Å². The highest BCUT2D eigenvalue weighted by Gasteiger charge is 2.26. The first-order valence-corrected chi connectivity index (χ1v) is 6.43. The number of rotatable bonds is 4. The number of aromatic amines is 1. The van der Waals surface area contributed by atoms with Gasteiger partial charge in [0.15, 0.2) is 5.13 Å². The van der Waals surface area contributed by atoms with Gasteiger partial charge in [-0.15, -0.1) is 11.3 Å². The van der Waals surface area contributed by atoms with Gasteiger partial charge in [-0.3, -0.25) is 9.89 Å². The molecule has 0 atom stereocenters. The van der Waals surface area contributed by atoms with Crippen molar-refractivity contribution < 1.29 is 4.79 Å². The van der Waals surface area contributed by atoms with E-state index in [1.54, 1.807) is 12.3 Å². The Morgan fingerprint density at radius 1 is 1.59 bits per heavy atom. The van der Waals surface area contributed by atoms with E-state index in [0.717, 1.165) is 11.4 Å². The van der Waals surface area contributed by atoms with E-state index in [4.69, 9.17) is 0 Å². The van der Waals surface area contributed by atoms with Gasteiger partial charge in [0.2, 0.25) is 5.91 Å². The van der Waals surface area contributed by atoms with Gasteiger partial charge in [-0.2, -0.15) is 5.10 Å². The zero-order chi connectivity index (χ0) is 11.7. The van der Waals surface area contributed by atoms with Crippen LogP contribution in [0.5, 0.6) is 0 Å². The molecule has 2 aromatic heterocycles. The van der Waals surface area contributed by atoms with Crippen LogP contribution >= 0.6 is 11.3 Å². The lowest BCUT2D eigenvalue weighted by atomic mass is 10.3. The van der Waals surface area contributed by atoms with E-state index in [-0.39, 0.29) is 5.91 Å². The highest BCUT2D eigenvalue weighted by Crippen LogP contribution is 2.40. The quantitative estimate of drug-likeness (QED) is 0.868. The van der Waals surface area contributed by atoms with Gasteiger partial charge in [0.25, 0.3) is 0 Å². The SMILES string of the molecule is O=C(Cc1ccn[nH]1)Nc1nc(C2CC2)cs1. The summed E-state index contributed by atoms with van der Waals surface area (Å²) in [7, 11) is 0. The normalized spacial score (nSPS) is 14.8. The molecule has 2 aromatic rings. The Kier molecular flexibility index (Phi) is 2.64. The lowest BCUT2D eigenvalue weighted by Crippen LogP contribution is -2.14. The van der Waals surface area contributed by atoms with Crippen LogP contribution in [0.25, 0.3) is 0 Å². The van der Waals surface area contributed by atoms with Gasteiger partial charge in [0.05, 0.1) is 12.1 Å². The Morgan fingerprint density at radius 3 is 3.18 bits per heavy atom. The summed E-state index contributed by atoms with van der Waals surface area (Å²) in [5.74, 6) is 0.565. The van der Waals surface area contributed by atoms with Crippen molar-refractivity contribution >= 4 is 22.4 Å². The third kappa shape index (κ3) is 2.52. The van der Waals surface area contributed by atoms with Crippen LogP contribution in [0.3, 0.4) is 0 Å². The van der Waals surface area contributed by atoms with Crippen molar-refractivity contribution in [2.45, 2.75) is 25.2 Å². The number of H-pyrrole nitrogens is 1. The van der Waals surface area contributed by atoms with Crippen LogP contribution in [-0.2, 0) is 11.2 Å². The number of hydrogen-bond donors (Lipinski definition) is 2. The first-order chi connectivity index (χ1) is 8.31. The van der Waals surface area contributed by atoms with Crippen molar-refractivity contribution in [1.29, 1.82) is 0 Å². The average molecular weight is 248 g/mol. The molecule has 3 rings (SSSR count). The number of hydrogen-bond acceptors (Lipinski definition) is 4. The van der Waals surface area contributed by atoms with Crippen molar-refractivity contribution in [3.8, 4) is 0 Å². The Balaban J connectivity index is 1.59. The summed E-state index contributed by atoms with van der Waals surface area (Å²) < 4.78 is 0. The lowest BCUT2D eigenvalue weighted by Gasteiger charge is -1.99. The van der Waals surface area contributed by atoms with E-state index in [0.29, 0.717) is 17.5 Å². The molecule has 0 radical (unpaired) electrons. The molecule has 0 aromatic carbocycles. The van der Waals surface area contributed by atoms with Crippen molar-refractivity contribution in [2.75, 3.05) is 5.32 Å². The van der Waals surface area contributed by atoms with Crippen molar-refractivity contribution in [3.05, 3.63) is 29.0 Å². The summed E-state index contributed by atoms with van der Waals surface area (Å²) >= 11 is 1.49. The Hall–Kier alpha value is -1.69. The van der Waals surface area contributed by atoms with Crippen LogP contribution < -0.4 is 5.32 Å². The molecule has 0 bridgehead atoms. The van der Waals surface area contributed by atoms with Gasteiger partial charge in [0, 0.05) is 23.2 Å². The number of amides is 1. The fourth-order valence-corrected chi connectivity index (χ4v) is 2.44. The van der Waals surface area contributed by atoms with Crippen LogP contribution in [0, 0.1) is 0 Å². The number of nitrogens with zero attached hydrogens (tertiary/aromatic N) is 2. The van der Waals surface area contributed by atoms with Crippen LogP contribution in [0.15, 0.2) is 17.6 Å². The summed E-state index contributed by atoms with van der Waals surface area (Å²) in [6.45, 7) is 0. The first-order valence-electron chi connectivity index (χ1n) is 5.55. The molecular formula is C11H12N4OS. The average Bonchev–Trinajstić information content (AvgIpc) is 2.84. The van der Waals surface area contributed by atoms with E-state index in [1.807, 2.05) is 5.38 Å². The second-order valence-electron chi connectivity index (χ2n) is 4.16. The molecule has 1 saturated carbocycles. The number of anilines is 1. The highest BCUT2D eigenvalue weighted by atomic mass is 32.1. The minimum Gasteiger partial charge on any atom is -0.302 e. The fourth-order valence-electron chi connectivity index (χ4n) is 1.63. The summed E-state index contributed by atoms with van der Waals surface area (Å²) in [6, 6.07) is 1.79. The van der Waals surface area contributed by atoms with Crippen molar-refractivity contribution in [3.63, 3.8) is 0 Å². The lowest BCUT2D eigenvalue weighted by molar-refractivity contribution is -0.115. The number of carbonyl (C=O) groups is 1. The van der Waals surface area contributed by atoms with Crippen LogP contribution in [0.4, 0.5) is 5.13 Å². The summed E-state index contributed by atoms with van der Waals surface area (Å²) in [6.07, 6.45) is 4.39. The molecule has 1 aliphatic rings. The monoisotopic (exact) mass is 248 g/mol. The standard InChI is InChI=1S/C11H12N4OS/c16-10(5-8-3-4-12-15-8)14-11-13-9(6-17-11)7-1-2-7/h3-4,6-7H,1-2,5H2,(H,12,15)(H,13,14,16). The molecule has 1 fully saturated rings. The van der Waals surface area contributed by atoms with Gasteiger partial charge in [0.1, 0.15) is 0 Å². The number of carbonyl (C=O) groups excluding carboxylic acids is 1. The molecular weight excluding hydrogens is 236 g/mol. The second-order valence-corrected chi connectivity index (χ2v) is 5.02. The molecule has 0 spiro atoms. The van der Waals surface area contributed by atoms with E-state index in [2.05, 4.69) is 20.5 Å². The minimum atomic E-state index is -0.0639. The Labute approximate surface area is 102 Å². The molecule has 5 nitrogen and oxygen atoms in total. The van der Waals surface area contributed by atoms with E-state index < -0.39 is 0 Å². The van der Waals surface area contributed by atoms with Gasteiger partial charge in [-0.1, -0.05) is 0 Å². The van der Waals surface area contributed by atoms with Crippen molar-refractivity contribution in [2.24, 2.45) is 0 Å². The maximum Gasteiger partial charge on any atom is 0.232 e. The van der Waals surface area contributed by atoms with Crippen LogP contribution in [0.2, 0.25) is 0 Å². The number of aromatic nitrogens is 3. The zero-order valence-electron chi connectivity index (χ0n) is 9.14. The third-order valence-corrected chi connectivity index (χ3v) is 3.45. The molecule has 2 N–H and O–H groups in total. The maximum absolute atomic E-state index is 11.7. The van der Waals surface area contributed by atoms with Gasteiger partial charge >= 0.3 is 0 Å². The van der Waals surface area contributed by atoms with Gasteiger partial charge in [-0.05, 0) is 18.9 Å². The van der Waals surface area contributed by atoms with Crippen LogP contribution in [-0.4, -0.2) is 21.1 Å². The third-order valence-electron chi connectivity index (χ3n) is 2.67. The van der Waals surface area contributed by atoms with E-state index in [9.17, 15) is 4.79 Å².